The average Bonchev–Trinajstić information content (AvgIpc) is 2.48. The zero-order valence-corrected chi connectivity index (χ0v) is 10.4. The summed E-state index contributed by atoms with van der Waals surface area (Å²) < 4.78 is 10.6. The number of methoxy groups -OCH3 is 1. The summed E-state index contributed by atoms with van der Waals surface area (Å²) in [5, 5.41) is 27.8. The van der Waals surface area contributed by atoms with E-state index in [-0.39, 0.29) is 0 Å². The highest BCUT2D eigenvalue weighted by molar-refractivity contribution is 5.52. The number of nitriles is 3. The first-order valence-corrected chi connectivity index (χ1v) is 5.73. The molecular weight excluding hydrogens is 242 g/mol. The third kappa shape index (κ3) is 1.84. The van der Waals surface area contributed by atoms with Gasteiger partial charge in [0.2, 0.25) is 0 Å². The van der Waals surface area contributed by atoms with Crippen LogP contribution in [0.1, 0.15) is 12.0 Å². The lowest BCUT2D eigenvalue weighted by Crippen LogP contribution is -2.37. The topological polar surface area (TPSA) is 89.8 Å². The van der Waals surface area contributed by atoms with Crippen LogP contribution in [0, 0.1) is 39.9 Å². The summed E-state index contributed by atoms with van der Waals surface area (Å²) >= 11 is 0. The summed E-state index contributed by atoms with van der Waals surface area (Å²) in [7, 11) is 1.52. The van der Waals surface area contributed by atoms with Crippen molar-refractivity contribution >= 4 is 0 Å². The van der Waals surface area contributed by atoms with Gasteiger partial charge in [0, 0.05) is 12.0 Å². The van der Waals surface area contributed by atoms with Crippen LogP contribution in [0.2, 0.25) is 0 Å². The van der Waals surface area contributed by atoms with Gasteiger partial charge in [0.25, 0.3) is 0 Å². The summed E-state index contributed by atoms with van der Waals surface area (Å²) in [6.45, 7) is 0.312. The van der Waals surface area contributed by atoms with Gasteiger partial charge in [0.1, 0.15) is 16.9 Å². The third-order valence-corrected chi connectivity index (χ3v) is 3.37. The maximum atomic E-state index is 9.54. The number of ether oxygens (including phenoxy) is 2. The Kier molecular flexibility index (Phi) is 3.27. The second kappa shape index (κ2) is 4.88. The normalized spacial score (nSPS) is 20.4. The van der Waals surface area contributed by atoms with Crippen LogP contribution in [0.3, 0.4) is 0 Å². The molecule has 94 valence electrons. The molecule has 5 heteroatoms. The van der Waals surface area contributed by atoms with Crippen LogP contribution in [0.15, 0.2) is 18.2 Å². The largest absolute Gasteiger partial charge is 0.497 e. The van der Waals surface area contributed by atoms with Crippen molar-refractivity contribution in [3.63, 3.8) is 0 Å². The molecule has 0 aromatic heterocycles. The fourth-order valence-corrected chi connectivity index (χ4v) is 2.30. The molecule has 0 N–H and O–H groups in total. The molecule has 0 saturated carbocycles. The molecule has 0 saturated heterocycles. The van der Waals surface area contributed by atoms with Crippen LogP contribution in [0.5, 0.6) is 11.5 Å². The zero-order valence-electron chi connectivity index (χ0n) is 10.4. The van der Waals surface area contributed by atoms with Gasteiger partial charge in [-0.25, -0.2) is 0 Å². The molecule has 2 rings (SSSR count). The van der Waals surface area contributed by atoms with Gasteiger partial charge in [0.05, 0.1) is 31.9 Å². The van der Waals surface area contributed by atoms with Gasteiger partial charge >= 0.3 is 0 Å². The first kappa shape index (κ1) is 12.7. The highest BCUT2D eigenvalue weighted by atomic mass is 16.5. The Balaban J connectivity index is 2.66. The van der Waals surface area contributed by atoms with E-state index in [9.17, 15) is 5.26 Å². The van der Waals surface area contributed by atoms with Gasteiger partial charge in [0.15, 0.2) is 5.92 Å². The summed E-state index contributed by atoms with van der Waals surface area (Å²) in [6.07, 6.45) is 0.315. The first-order valence-electron chi connectivity index (χ1n) is 5.73. The van der Waals surface area contributed by atoms with E-state index in [4.69, 9.17) is 20.0 Å². The molecular formula is C14H11N3O2. The smallest absolute Gasteiger partial charge is 0.156 e. The van der Waals surface area contributed by atoms with Crippen LogP contribution in [-0.4, -0.2) is 13.7 Å². The number of rotatable bonds is 2. The quantitative estimate of drug-likeness (QED) is 0.802. The van der Waals surface area contributed by atoms with Crippen LogP contribution < -0.4 is 9.47 Å². The van der Waals surface area contributed by atoms with Crippen molar-refractivity contribution in [2.24, 2.45) is 5.92 Å². The van der Waals surface area contributed by atoms with Crippen molar-refractivity contribution in [3.05, 3.63) is 23.8 Å². The van der Waals surface area contributed by atoms with Crippen LogP contribution in [0.4, 0.5) is 0 Å². The molecule has 0 aliphatic carbocycles. The van der Waals surface area contributed by atoms with Gasteiger partial charge in [-0.1, -0.05) is 0 Å². The lowest BCUT2D eigenvalue weighted by atomic mass is 9.69. The van der Waals surface area contributed by atoms with Crippen LogP contribution >= 0.6 is 0 Å². The van der Waals surface area contributed by atoms with E-state index in [1.807, 2.05) is 12.1 Å². The molecule has 5 nitrogen and oxygen atoms in total. The second-order valence-corrected chi connectivity index (χ2v) is 4.23. The molecule has 19 heavy (non-hydrogen) atoms. The fraction of sp³-hybridized carbons (Fsp3) is 0.357. The maximum absolute atomic E-state index is 9.54. The molecule has 1 aromatic rings. The maximum Gasteiger partial charge on any atom is 0.156 e. The van der Waals surface area contributed by atoms with Gasteiger partial charge in [-0.05, 0) is 18.2 Å². The molecule has 1 aromatic carbocycles. The van der Waals surface area contributed by atoms with E-state index in [2.05, 4.69) is 6.07 Å². The molecule has 1 heterocycles. The zero-order chi connectivity index (χ0) is 13.9. The standard InChI is InChI=1S/C14H11N3O2/c1-18-11-2-3-13-12(6-11)14(9-17,4-5-19-13)10(7-15)8-16/h2-3,6,10H,4-5H2,1H3. The van der Waals surface area contributed by atoms with E-state index >= 15 is 0 Å². The monoisotopic (exact) mass is 253 g/mol. The number of benzene rings is 1. The Morgan fingerprint density at radius 3 is 2.63 bits per heavy atom. The van der Waals surface area contributed by atoms with Gasteiger partial charge in [-0.3, -0.25) is 0 Å². The number of fused-ring (bicyclic) bond motifs is 1. The Hall–Kier alpha value is -2.71. The lowest BCUT2D eigenvalue weighted by Gasteiger charge is -2.33. The highest BCUT2D eigenvalue weighted by Crippen LogP contribution is 2.44. The van der Waals surface area contributed by atoms with Gasteiger partial charge < -0.3 is 9.47 Å². The van der Waals surface area contributed by atoms with Crippen molar-refractivity contribution in [3.8, 4) is 29.7 Å². The van der Waals surface area contributed by atoms with E-state index in [0.717, 1.165) is 0 Å². The third-order valence-electron chi connectivity index (χ3n) is 3.37. The Morgan fingerprint density at radius 2 is 2.05 bits per heavy atom. The average molecular weight is 253 g/mol. The summed E-state index contributed by atoms with van der Waals surface area (Å²) in [4.78, 5) is 0. The van der Waals surface area contributed by atoms with E-state index < -0.39 is 11.3 Å². The summed E-state index contributed by atoms with van der Waals surface area (Å²) in [6, 6.07) is 11.1. The first-order chi connectivity index (χ1) is 9.21. The van der Waals surface area contributed by atoms with Crippen LogP contribution in [-0.2, 0) is 5.41 Å². The minimum absolute atomic E-state index is 0.312. The van der Waals surface area contributed by atoms with Crippen molar-refractivity contribution in [2.45, 2.75) is 11.8 Å². The molecule has 1 atom stereocenters. The predicted molar refractivity (Wildman–Crippen MR) is 65.1 cm³/mol. The molecule has 1 unspecified atom stereocenters. The van der Waals surface area contributed by atoms with Gasteiger partial charge in [-0.15, -0.1) is 0 Å². The number of nitrogens with zero attached hydrogens (tertiary/aromatic N) is 3. The van der Waals surface area contributed by atoms with Crippen molar-refractivity contribution < 1.29 is 9.47 Å². The van der Waals surface area contributed by atoms with Crippen molar-refractivity contribution in [2.75, 3.05) is 13.7 Å². The Bertz CT molecular complexity index is 607. The molecule has 1 aliphatic rings. The summed E-state index contributed by atoms with van der Waals surface area (Å²) in [5.41, 5.74) is -0.611. The predicted octanol–water partition coefficient (Wildman–Crippen LogP) is 1.90. The minimum Gasteiger partial charge on any atom is -0.497 e. The highest BCUT2D eigenvalue weighted by Gasteiger charge is 2.46. The van der Waals surface area contributed by atoms with Crippen molar-refractivity contribution in [1.82, 2.24) is 0 Å². The molecule has 0 bridgehead atoms. The lowest BCUT2D eigenvalue weighted by molar-refractivity contribution is 0.229. The second-order valence-electron chi connectivity index (χ2n) is 4.23. The fourth-order valence-electron chi connectivity index (χ4n) is 2.30. The number of hydrogen-bond donors (Lipinski definition) is 0. The van der Waals surface area contributed by atoms with E-state index in [1.165, 1.54) is 7.11 Å². The SMILES string of the molecule is COc1ccc2c(c1)C(C#N)(C(C#N)C#N)CCO2. The molecule has 0 radical (unpaired) electrons. The molecule has 0 spiro atoms. The molecule has 0 amide bonds. The van der Waals surface area contributed by atoms with Crippen molar-refractivity contribution in [1.29, 1.82) is 15.8 Å². The van der Waals surface area contributed by atoms with E-state index in [1.54, 1.807) is 18.2 Å². The van der Waals surface area contributed by atoms with Crippen LogP contribution in [0.25, 0.3) is 0 Å². The Morgan fingerprint density at radius 1 is 1.32 bits per heavy atom. The van der Waals surface area contributed by atoms with E-state index in [0.29, 0.717) is 30.1 Å². The molecule has 1 aliphatic heterocycles. The van der Waals surface area contributed by atoms with Gasteiger partial charge in [-0.2, -0.15) is 15.8 Å². The minimum atomic E-state index is -1.16. The summed E-state index contributed by atoms with van der Waals surface area (Å²) in [5.74, 6) is 0.0647. The Labute approximate surface area is 111 Å². The number of hydrogen-bond acceptors (Lipinski definition) is 5. The molecule has 0 fully saturated rings.